The van der Waals surface area contributed by atoms with Gasteiger partial charge in [0.25, 0.3) is 0 Å². The van der Waals surface area contributed by atoms with E-state index in [0.29, 0.717) is 17.2 Å². The average molecular weight is 377 g/mol. The zero-order valence-electron chi connectivity index (χ0n) is 15.3. The molecule has 0 saturated carbocycles. The first-order valence-corrected chi connectivity index (χ1v) is 9.74. The first kappa shape index (κ1) is 19.8. The number of ether oxygens (including phenoxy) is 2. The molecule has 0 radical (unpaired) electrons. The van der Waals surface area contributed by atoms with E-state index < -0.39 is 9.84 Å². The molecule has 0 heterocycles. The third-order valence-electron chi connectivity index (χ3n) is 3.98. The van der Waals surface area contributed by atoms with Crippen LogP contribution in [0.25, 0.3) is 0 Å². The number of benzene rings is 2. The van der Waals surface area contributed by atoms with Gasteiger partial charge in [0.2, 0.25) is 5.91 Å². The van der Waals surface area contributed by atoms with Crippen LogP contribution in [-0.2, 0) is 14.6 Å². The molecule has 0 atom stereocenters. The quantitative estimate of drug-likeness (QED) is 0.802. The molecule has 2 rings (SSSR count). The van der Waals surface area contributed by atoms with E-state index in [1.165, 1.54) is 14.2 Å². The van der Waals surface area contributed by atoms with Crippen molar-refractivity contribution in [2.75, 3.05) is 25.3 Å². The van der Waals surface area contributed by atoms with Gasteiger partial charge in [0.1, 0.15) is 0 Å². The number of nitrogens with one attached hydrogen (secondary N) is 1. The second-order valence-electron chi connectivity index (χ2n) is 5.95. The summed E-state index contributed by atoms with van der Waals surface area (Å²) in [5, 5.41) is 2.73. The van der Waals surface area contributed by atoms with Gasteiger partial charge in [-0.3, -0.25) is 4.79 Å². The Hall–Kier alpha value is -2.54. The number of hydrogen-bond acceptors (Lipinski definition) is 5. The van der Waals surface area contributed by atoms with Crippen molar-refractivity contribution in [3.63, 3.8) is 0 Å². The fourth-order valence-corrected chi connectivity index (χ4v) is 3.66. The summed E-state index contributed by atoms with van der Waals surface area (Å²) in [6, 6.07) is 9.99. The molecule has 1 amide bonds. The lowest BCUT2D eigenvalue weighted by Gasteiger charge is -2.13. The largest absolute Gasteiger partial charge is 0.493 e. The Balaban J connectivity index is 2.06. The van der Waals surface area contributed by atoms with Crippen LogP contribution in [0.2, 0.25) is 0 Å². The predicted octanol–water partition coefficient (Wildman–Crippen LogP) is 3.12. The Bertz CT molecular complexity index is 889. The van der Waals surface area contributed by atoms with E-state index in [-0.39, 0.29) is 23.0 Å². The third-order valence-corrected chi connectivity index (χ3v) is 5.71. The standard InChI is InChI=1S/C19H23NO5S/c1-13-5-7-15(8-6-13)26(22,23)10-9-19(21)20-16-12-18(25-4)17(24-3)11-14(16)2/h5-8,11-12H,9-10H2,1-4H3,(H,20,21). The smallest absolute Gasteiger partial charge is 0.225 e. The van der Waals surface area contributed by atoms with Gasteiger partial charge in [-0.05, 0) is 37.6 Å². The Morgan fingerprint density at radius 2 is 1.58 bits per heavy atom. The Labute approximate surface area is 154 Å². The number of aryl methyl sites for hydroxylation is 2. The number of amides is 1. The normalized spacial score (nSPS) is 11.1. The van der Waals surface area contributed by atoms with Gasteiger partial charge < -0.3 is 14.8 Å². The van der Waals surface area contributed by atoms with Gasteiger partial charge in [-0.1, -0.05) is 17.7 Å². The summed E-state index contributed by atoms with van der Waals surface area (Å²) in [6.07, 6.45) is -0.135. The zero-order valence-corrected chi connectivity index (χ0v) is 16.1. The number of rotatable bonds is 7. The predicted molar refractivity (Wildman–Crippen MR) is 101 cm³/mol. The molecular weight excluding hydrogens is 354 g/mol. The molecule has 0 aliphatic heterocycles. The van der Waals surface area contributed by atoms with Crippen molar-refractivity contribution in [3.8, 4) is 11.5 Å². The molecule has 7 heteroatoms. The van der Waals surface area contributed by atoms with Gasteiger partial charge in [-0.25, -0.2) is 8.42 Å². The number of carbonyl (C=O) groups excluding carboxylic acids is 1. The van der Waals surface area contributed by atoms with Crippen molar-refractivity contribution in [3.05, 3.63) is 47.5 Å². The van der Waals surface area contributed by atoms with Crippen LogP contribution in [0.4, 0.5) is 5.69 Å². The molecule has 0 aliphatic rings. The maximum atomic E-state index is 12.3. The minimum atomic E-state index is -3.50. The number of methoxy groups -OCH3 is 2. The van der Waals surface area contributed by atoms with E-state index in [9.17, 15) is 13.2 Å². The maximum Gasteiger partial charge on any atom is 0.225 e. The van der Waals surface area contributed by atoms with Crippen molar-refractivity contribution in [2.24, 2.45) is 0 Å². The van der Waals surface area contributed by atoms with Gasteiger partial charge >= 0.3 is 0 Å². The average Bonchev–Trinajstić information content (AvgIpc) is 2.61. The minimum absolute atomic E-state index is 0.135. The molecule has 0 unspecified atom stereocenters. The molecule has 0 bridgehead atoms. The molecular formula is C19H23NO5S. The summed E-state index contributed by atoms with van der Waals surface area (Å²) in [7, 11) is -0.463. The fraction of sp³-hybridized carbons (Fsp3) is 0.316. The maximum absolute atomic E-state index is 12.3. The van der Waals surface area contributed by atoms with Crippen LogP contribution in [0, 0.1) is 13.8 Å². The topological polar surface area (TPSA) is 81.7 Å². The summed E-state index contributed by atoms with van der Waals surface area (Å²) in [6.45, 7) is 3.70. The molecule has 0 aliphatic carbocycles. The summed E-state index contributed by atoms with van der Waals surface area (Å²) in [5.41, 5.74) is 2.32. The van der Waals surface area contributed by atoms with Crippen LogP contribution in [0.1, 0.15) is 17.5 Å². The third kappa shape index (κ3) is 4.76. The summed E-state index contributed by atoms with van der Waals surface area (Å²) in [4.78, 5) is 12.4. The molecule has 2 aromatic carbocycles. The molecule has 140 valence electrons. The molecule has 2 aromatic rings. The molecule has 0 saturated heterocycles. The van der Waals surface area contributed by atoms with Crippen molar-refractivity contribution >= 4 is 21.4 Å². The van der Waals surface area contributed by atoms with Crippen LogP contribution >= 0.6 is 0 Å². The molecule has 26 heavy (non-hydrogen) atoms. The van der Waals surface area contributed by atoms with Crippen LogP contribution in [0.3, 0.4) is 0 Å². The van der Waals surface area contributed by atoms with Gasteiger partial charge in [0.05, 0.1) is 24.9 Å². The Morgan fingerprint density at radius 1 is 1.00 bits per heavy atom. The molecule has 0 spiro atoms. The molecule has 0 aromatic heterocycles. The van der Waals surface area contributed by atoms with Crippen LogP contribution < -0.4 is 14.8 Å². The van der Waals surface area contributed by atoms with E-state index in [0.717, 1.165) is 11.1 Å². The lowest BCUT2D eigenvalue weighted by molar-refractivity contribution is -0.115. The highest BCUT2D eigenvalue weighted by molar-refractivity contribution is 7.91. The zero-order chi connectivity index (χ0) is 19.3. The van der Waals surface area contributed by atoms with Crippen LogP contribution in [-0.4, -0.2) is 34.3 Å². The van der Waals surface area contributed by atoms with Gasteiger partial charge in [-0.15, -0.1) is 0 Å². The highest BCUT2D eigenvalue weighted by Crippen LogP contribution is 2.32. The number of hydrogen-bond donors (Lipinski definition) is 1. The van der Waals surface area contributed by atoms with E-state index in [4.69, 9.17) is 9.47 Å². The van der Waals surface area contributed by atoms with E-state index in [2.05, 4.69) is 5.32 Å². The molecule has 1 N–H and O–H groups in total. The number of carbonyl (C=O) groups is 1. The highest BCUT2D eigenvalue weighted by atomic mass is 32.2. The van der Waals surface area contributed by atoms with Gasteiger partial charge in [0.15, 0.2) is 21.3 Å². The van der Waals surface area contributed by atoms with Crippen LogP contribution in [0.5, 0.6) is 11.5 Å². The van der Waals surface area contributed by atoms with Crippen LogP contribution in [0.15, 0.2) is 41.3 Å². The second kappa shape index (κ2) is 8.23. The summed E-state index contributed by atoms with van der Waals surface area (Å²) in [5.74, 6) is 0.412. The lowest BCUT2D eigenvalue weighted by atomic mass is 10.1. The van der Waals surface area contributed by atoms with Gasteiger partial charge in [0, 0.05) is 18.2 Å². The first-order valence-electron chi connectivity index (χ1n) is 8.08. The molecule has 0 fully saturated rings. The molecule has 6 nitrogen and oxygen atoms in total. The SMILES string of the molecule is COc1cc(C)c(NC(=O)CCS(=O)(=O)c2ccc(C)cc2)cc1OC. The first-order chi connectivity index (χ1) is 12.3. The highest BCUT2D eigenvalue weighted by Gasteiger charge is 2.17. The summed E-state index contributed by atoms with van der Waals surface area (Å²) >= 11 is 0. The van der Waals surface area contributed by atoms with Crippen molar-refractivity contribution in [1.82, 2.24) is 0 Å². The van der Waals surface area contributed by atoms with E-state index in [1.54, 1.807) is 36.4 Å². The Morgan fingerprint density at radius 3 is 2.15 bits per heavy atom. The van der Waals surface area contributed by atoms with Crippen molar-refractivity contribution in [1.29, 1.82) is 0 Å². The number of sulfone groups is 1. The van der Waals surface area contributed by atoms with E-state index >= 15 is 0 Å². The summed E-state index contributed by atoms with van der Waals surface area (Å²) < 4.78 is 35.1. The van der Waals surface area contributed by atoms with Crippen molar-refractivity contribution < 1.29 is 22.7 Å². The monoisotopic (exact) mass is 377 g/mol. The van der Waals surface area contributed by atoms with Crippen molar-refractivity contribution in [2.45, 2.75) is 25.2 Å². The second-order valence-corrected chi connectivity index (χ2v) is 8.06. The minimum Gasteiger partial charge on any atom is -0.493 e. The van der Waals surface area contributed by atoms with Gasteiger partial charge in [-0.2, -0.15) is 0 Å². The number of anilines is 1. The van der Waals surface area contributed by atoms with E-state index in [1.807, 2.05) is 13.8 Å². The Kier molecular flexibility index (Phi) is 6.26. The fourth-order valence-electron chi connectivity index (χ4n) is 2.42. The lowest BCUT2D eigenvalue weighted by Crippen LogP contribution is -2.18.